The Balaban J connectivity index is 2.39. The lowest BCUT2D eigenvalue weighted by atomic mass is 10.0. The van der Waals surface area contributed by atoms with Crippen molar-refractivity contribution in [3.63, 3.8) is 0 Å². The summed E-state index contributed by atoms with van der Waals surface area (Å²) in [5.74, 6) is -0.636. The third-order valence-corrected chi connectivity index (χ3v) is 2.60. The van der Waals surface area contributed by atoms with Crippen molar-refractivity contribution in [1.82, 2.24) is 0 Å². The Morgan fingerprint density at radius 1 is 1.53 bits per heavy atom. The number of hydrogen-bond acceptors (Lipinski definition) is 3. The molecule has 0 aliphatic carbocycles. The fourth-order valence-electron chi connectivity index (χ4n) is 1.83. The molecule has 0 radical (unpaired) electrons. The van der Waals surface area contributed by atoms with Gasteiger partial charge in [0.2, 0.25) is 0 Å². The lowest BCUT2D eigenvalue weighted by Crippen LogP contribution is -2.37. The number of amides is 1. The molecule has 90 valence electrons. The average molecular weight is 237 g/mol. The number of Topliss-reactive ketones (excluding diaryl/α,β-unsaturated/α-hetero) is 1. The van der Waals surface area contributed by atoms with E-state index in [2.05, 4.69) is 0 Å². The van der Waals surface area contributed by atoms with Gasteiger partial charge in [-0.3, -0.25) is 9.69 Å². The maximum atomic E-state index is 13.1. The quantitative estimate of drug-likeness (QED) is 0.753. The van der Waals surface area contributed by atoms with Crippen LogP contribution in [-0.4, -0.2) is 25.0 Å². The van der Waals surface area contributed by atoms with Crippen LogP contribution in [0.3, 0.4) is 0 Å². The molecule has 0 bridgehead atoms. The molecule has 0 atom stereocenters. The molecule has 4 nitrogen and oxygen atoms in total. The number of hydrogen-bond donors (Lipinski definition) is 0. The highest BCUT2D eigenvalue weighted by Crippen LogP contribution is 2.28. The summed E-state index contributed by atoms with van der Waals surface area (Å²) >= 11 is 0. The van der Waals surface area contributed by atoms with Crippen molar-refractivity contribution >= 4 is 17.6 Å². The van der Waals surface area contributed by atoms with Crippen molar-refractivity contribution < 1.29 is 18.7 Å². The number of nitrogens with zero attached hydrogens (tertiary/aromatic N) is 1. The van der Waals surface area contributed by atoms with Gasteiger partial charge in [0, 0.05) is 18.5 Å². The van der Waals surface area contributed by atoms with Gasteiger partial charge in [-0.1, -0.05) is 0 Å². The maximum Gasteiger partial charge on any atom is 0.414 e. The van der Waals surface area contributed by atoms with Crippen molar-refractivity contribution in [2.75, 3.05) is 18.1 Å². The fraction of sp³-hybridized carbons (Fsp3) is 0.333. The first-order chi connectivity index (χ1) is 8.13. The first kappa shape index (κ1) is 11.6. The zero-order chi connectivity index (χ0) is 12.4. The second kappa shape index (κ2) is 4.53. The van der Waals surface area contributed by atoms with E-state index >= 15 is 0 Å². The van der Waals surface area contributed by atoms with E-state index in [1.54, 1.807) is 6.92 Å². The van der Waals surface area contributed by atoms with Gasteiger partial charge >= 0.3 is 6.09 Å². The molecule has 5 heteroatoms. The van der Waals surface area contributed by atoms with Gasteiger partial charge in [-0.25, -0.2) is 9.18 Å². The summed E-state index contributed by atoms with van der Waals surface area (Å²) in [7, 11) is 0. The predicted octanol–water partition coefficient (Wildman–Crippen LogP) is 2.38. The SMILES string of the molecule is CCOC(=O)N1CCC(=O)c2cc(F)ccc21. The molecule has 2 rings (SSSR count). The smallest absolute Gasteiger partial charge is 0.414 e. The number of ether oxygens (including phenoxy) is 1. The van der Waals surface area contributed by atoms with Gasteiger partial charge in [-0.05, 0) is 25.1 Å². The molecular formula is C12H12FNO3. The second-order valence-electron chi connectivity index (χ2n) is 3.69. The van der Waals surface area contributed by atoms with Gasteiger partial charge in [0.15, 0.2) is 5.78 Å². The zero-order valence-electron chi connectivity index (χ0n) is 9.40. The summed E-state index contributed by atoms with van der Waals surface area (Å²) in [4.78, 5) is 24.6. The molecule has 1 aliphatic heterocycles. The second-order valence-corrected chi connectivity index (χ2v) is 3.69. The predicted molar refractivity (Wildman–Crippen MR) is 59.7 cm³/mol. The average Bonchev–Trinajstić information content (AvgIpc) is 2.30. The molecule has 0 aromatic heterocycles. The molecule has 17 heavy (non-hydrogen) atoms. The molecule has 1 aromatic carbocycles. The highest BCUT2D eigenvalue weighted by Gasteiger charge is 2.28. The van der Waals surface area contributed by atoms with Gasteiger partial charge in [0.05, 0.1) is 12.3 Å². The van der Waals surface area contributed by atoms with Crippen LogP contribution >= 0.6 is 0 Å². The molecule has 1 heterocycles. The Labute approximate surface area is 98.0 Å². The van der Waals surface area contributed by atoms with E-state index in [1.165, 1.54) is 17.0 Å². The van der Waals surface area contributed by atoms with Crippen LogP contribution in [0.2, 0.25) is 0 Å². The zero-order valence-corrected chi connectivity index (χ0v) is 9.40. The van der Waals surface area contributed by atoms with Gasteiger partial charge < -0.3 is 4.74 Å². The molecule has 0 saturated carbocycles. The van der Waals surface area contributed by atoms with Crippen LogP contribution in [-0.2, 0) is 4.74 Å². The Kier molecular flexibility index (Phi) is 3.08. The molecule has 0 saturated heterocycles. The Hall–Kier alpha value is -1.91. The van der Waals surface area contributed by atoms with Gasteiger partial charge in [-0.2, -0.15) is 0 Å². The van der Waals surface area contributed by atoms with Gasteiger partial charge in [0.25, 0.3) is 0 Å². The number of rotatable bonds is 1. The number of halogens is 1. The first-order valence-electron chi connectivity index (χ1n) is 5.40. The largest absolute Gasteiger partial charge is 0.449 e. The van der Waals surface area contributed by atoms with Crippen LogP contribution in [0.5, 0.6) is 0 Å². The molecule has 0 fully saturated rings. The monoisotopic (exact) mass is 237 g/mol. The minimum Gasteiger partial charge on any atom is -0.449 e. The molecule has 0 unspecified atom stereocenters. The molecule has 1 aromatic rings. The molecule has 1 aliphatic rings. The van der Waals surface area contributed by atoms with Crippen molar-refractivity contribution in [2.24, 2.45) is 0 Å². The van der Waals surface area contributed by atoms with Crippen LogP contribution in [0.4, 0.5) is 14.9 Å². The highest BCUT2D eigenvalue weighted by atomic mass is 19.1. The van der Waals surface area contributed by atoms with E-state index in [0.717, 1.165) is 6.07 Å². The Morgan fingerprint density at radius 2 is 2.29 bits per heavy atom. The number of carbonyl (C=O) groups is 2. The van der Waals surface area contributed by atoms with Crippen LogP contribution in [0.25, 0.3) is 0 Å². The van der Waals surface area contributed by atoms with Crippen LogP contribution in [0, 0.1) is 5.82 Å². The lowest BCUT2D eigenvalue weighted by Gasteiger charge is -2.27. The van der Waals surface area contributed by atoms with E-state index in [-0.39, 0.29) is 30.9 Å². The van der Waals surface area contributed by atoms with Crippen molar-refractivity contribution in [2.45, 2.75) is 13.3 Å². The van der Waals surface area contributed by atoms with Crippen molar-refractivity contribution in [3.8, 4) is 0 Å². The topological polar surface area (TPSA) is 46.6 Å². The van der Waals surface area contributed by atoms with Crippen molar-refractivity contribution in [3.05, 3.63) is 29.6 Å². The maximum absolute atomic E-state index is 13.1. The number of ketones is 1. The van der Waals surface area contributed by atoms with Crippen molar-refractivity contribution in [1.29, 1.82) is 0 Å². The number of carbonyl (C=O) groups excluding carboxylic acids is 2. The summed E-state index contributed by atoms with van der Waals surface area (Å²) in [6.45, 7) is 2.24. The summed E-state index contributed by atoms with van der Waals surface area (Å²) in [6.07, 6.45) is -0.317. The van der Waals surface area contributed by atoms with E-state index < -0.39 is 11.9 Å². The number of benzene rings is 1. The lowest BCUT2D eigenvalue weighted by molar-refractivity contribution is 0.0978. The first-order valence-corrected chi connectivity index (χ1v) is 5.40. The normalized spacial score (nSPS) is 14.5. The van der Waals surface area contributed by atoms with Crippen LogP contribution in [0.1, 0.15) is 23.7 Å². The number of fused-ring (bicyclic) bond motifs is 1. The third-order valence-electron chi connectivity index (χ3n) is 2.60. The van der Waals surface area contributed by atoms with E-state index in [4.69, 9.17) is 4.74 Å². The van der Waals surface area contributed by atoms with Crippen LogP contribution in [0.15, 0.2) is 18.2 Å². The molecular weight excluding hydrogens is 225 g/mol. The Morgan fingerprint density at radius 3 is 3.00 bits per heavy atom. The van der Waals surface area contributed by atoms with E-state index in [0.29, 0.717) is 5.69 Å². The summed E-state index contributed by atoms with van der Waals surface area (Å²) in [5.41, 5.74) is 0.658. The molecule has 0 N–H and O–H groups in total. The Bertz CT molecular complexity index is 473. The summed E-state index contributed by atoms with van der Waals surface area (Å²) in [5, 5.41) is 0. The van der Waals surface area contributed by atoms with E-state index in [9.17, 15) is 14.0 Å². The van der Waals surface area contributed by atoms with E-state index in [1.807, 2.05) is 0 Å². The fourth-order valence-corrected chi connectivity index (χ4v) is 1.83. The highest BCUT2D eigenvalue weighted by molar-refractivity contribution is 6.07. The minimum absolute atomic E-state index is 0.153. The van der Waals surface area contributed by atoms with Gasteiger partial charge in [-0.15, -0.1) is 0 Å². The minimum atomic E-state index is -0.507. The third kappa shape index (κ3) is 2.13. The summed E-state index contributed by atoms with van der Waals surface area (Å²) < 4.78 is 17.9. The molecule has 0 spiro atoms. The van der Waals surface area contributed by atoms with Crippen LogP contribution < -0.4 is 4.90 Å². The van der Waals surface area contributed by atoms with Gasteiger partial charge in [0.1, 0.15) is 5.82 Å². The number of anilines is 1. The standard InChI is InChI=1S/C12H12FNO3/c1-2-17-12(16)14-6-5-11(15)9-7-8(13)3-4-10(9)14/h3-4,7H,2,5-6H2,1H3. The molecule has 1 amide bonds. The summed E-state index contributed by atoms with van der Waals surface area (Å²) in [6, 6.07) is 3.81.